The van der Waals surface area contributed by atoms with Gasteiger partial charge in [0.15, 0.2) is 0 Å². The van der Waals surface area contributed by atoms with Crippen molar-refractivity contribution in [2.75, 3.05) is 0 Å². The molecule has 0 atom stereocenters. The summed E-state index contributed by atoms with van der Waals surface area (Å²) in [6.07, 6.45) is -4.74. The lowest BCUT2D eigenvalue weighted by Crippen LogP contribution is -2.25. The SMILES string of the molecule is Cc1cc(C(=O)NCc2cccc(Oc3ccc(OC(F)(F)F)cc3)c2)n(C)n1. The third kappa shape index (κ3) is 5.74. The minimum atomic E-state index is -4.74. The molecule has 9 heteroatoms. The van der Waals surface area contributed by atoms with Crippen molar-refractivity contribution in [1.82, 2.24) is 15.1 Å². The summed E-state index contributed by atoms with van der Waals surface area (Å²) in [5.41, 5.74) is 2.00. The van der Waals surface area contributed by atoms with Gasteiger partial charge in [0.05, 0.1) is 5.69 Å². The standard InChI is InChI=1S/C20H18F3N3O3/c1-13-10-18(26(2)25-13)19(27)24-12-14-4-3-5-17(11-14)28-15-6-8-16(9-7-15)29-20(21,22)23/h3-11H,12H2,1-2H3,(H,24,27). The molecule has 0 unspecified atom stereocenters. The molecule has 0 fully saturated rings. The summed E-state index contributed by atoms with van der Waals surface area (Å²) < 4.78 is 47.6. The minimum absolute atomic E-state index is 0.250. The van der Waals surface area contributed by atoms with Crippen LogP contribution in [0.1, 0.15) is 21.7 Å². The van der Waals surface area contributed by atoms with Gasteiger partial charge in [-0.25, -0.2) is 0 Å². The number of halogens is 3. The molecule has 0 spiro atoms. The first-order chi connectivity index (χ1) is 13.7. The van der Waals surface area contributed by atoms with Gasteiger partial charge >= 0.3 is 6.36 Å². The number of aromatic nitrogens is 2. The highest BCUT2D eigenvalue weighted by atomic mass is 19.4. The quantitative estimate of drug-likeness (QED) is 0.662. The van der Waals surface area contributed by atoms with E-state index in [2.05, 4.69) is 15.2 Å². The highest BCUT2D eigenvalue weighted by molar-refractivity contribution is 5.92. The van der Waals surface area contributed by atoms with Crippen molar-refractivity contribution in [3.05, 3.63) is 71.5 Å². The van der Waals surface area contributed by atoms with Crippen LogP contribution in [0.3, 0.4) is 0 Å². The summed E-state index contributed by atoms with van der Waals surface area (Å²) in [5.74, 6) is 0.259. The van der Waals surface area contributed by atoms with Crippen molar-refractivity contribution >= 4 is 5.91 Å². The monoisotopic (exact) mass is 405 g/mol. The number of rotatable bonds is 6. The van der Waals surface area contributed by atoms with Gasteiger partial charge in [-0.05, 0) is 55.0 Å². The number of benzene rings is 2. The van der Waals surface area contributed by atoms with Crippen LogP contribution in [0.2, 0.25) is 0 Å². The summed E-state index contributed by atoms with van der Waals surface area (Å²) >= 11 is 0. The zero-order chi connectivity index (χ0) is 21.0. The van der Waals surface area contributed by atoms with Crippen LogP contribution in [0.15, 0.2) is 54.6 Å². The fraction of sp³-hybridized carbons (Fsp3) is 0.200. The second-order valence-electron chi connectivity index (χ2n) is 6.25. The van der Waals surface area contributed by atoms with E-state index in [0.717, 1.165) is 11.3 Å². The Morgan fingerprint density at radius 3 is 2.38 bits per heavy atom. The number of hydrogen-bond donors (Lipinski definition) is 1. The Morgan fingerprint density at radius 2 is 1.76 bits per heavy atom. The molecule has 1 N–H and O–H groups in total. The van der Waals surface area contributed by atoms with Gasteiger partial charge in [-0.1, -0.05) is 12.1 Å². The molecule has 0 bridgehead atoms. The summed E-state index contributed by atoms with van der Waals surface area (Å²) in [7, 11) is 1.70. The van der Waals surface area contributed by atoms with E-state index < -0.39 is 6.36 Å². The number of nitrogens with one attached hydrogen (secondary N) is 1. The predicted molar refractivity (Wildman–Crippen MR) is 98.8 cm³/mol. The van der Waals surface area contributed by atoms with E-state index in [0.29, 0.717) is 17.2 Å². The molecule has 6 nitrogen and oxygen atoms in total. The van der Waals surface area contributed by atoms with Crippen molar-refractivity contribution in [2.24, 2.45) is 7.05 Å². The molecule has 1 aromatic heterocycles. The number of amides is 1. The van der Waals surface area contributed by atoms with Crippen molar-refractivity contribution < 1.29 is 27.4 Å². The lowest BCUT2D eigenvalue weighted by atomic mass is 10.2. The molecule has 0 aliphatic carbocycles. The van der Waals surface area contributed by atoms with Crippen LogP contribution in [-0.2, 0) is 13.6 Å². The van der Waals surface area contributed by atoms with Crippen LogP contribution >= 0.6 is 0 Å². The summed E-state index contributed by atoms with van der Waals surface area (Å²) in [4.78, 5) is 12.3. The minimum Gasteiger partial charge on any atom is -0.457 e. The highest BCUT2D eigenvalue weighted by Gasteiger charge is 2.30. The molecular formula is C20H18F3N3O3. The number of aryl methyl sites for hydroxylation is 2. The van der Waals surface area contributed by atoms with E-state index >= 15 is 0 Å². The average molecular weight is 405 g/mol. The molecule has 0 radical (unpaired) electrons. The van der Waals surface area contributed by atoms with Gasteiger partial charge in [-0.15, -0.1) is 13.2 Å². The molecule has 0 saturated carbocycles. The van der Waals surface area contributed by atoms with Gasteiger partial charge in [-0.3, -0.25) is 9.48 Å². The van der Waals surface area contributed by atoms with E-state index in [1.807, 2.05) is 6.07 Å². The first-order valence-electron chi connectivity index (χ1n) is 8.61. The molecular weight excluding hydrogens is 387 g/mol. The number of carbonyl (C=O) groups excluding carboxylic acids is 1. The van der Waals surface area contributed by atoms with E-state index in [9.17, 15) is 18.0 Å². The molecule has 1 heterocycles. The molecule has 152 valence electrons. The topological polar surface area (TPSA) is 65.4 Å². The molecule has 0 aliphatic rings. The lowest BCUT2D eigenvalue weighted by molar-refractivity contribution is -0.274. The maximum atomic E-state index is 12.3. The van der Waals surface area contributed by atoms with Crippen molar-refractivity contribution in [3.8, 4) is 17.2 Å². The third-order valence-electron chi connectivity index (χ3n) is 3.88. The summed E-state index contributed by atoms with van der Waals surface area (Å²) in [6, 6.07) is 13.8. The van der Waals surface area contributed by atoms with E-state index in [1.165, 1.54) is 28.9 Å². The normalized spacial score (nSPS) is 11.2. The lowest BCUT2D eigenvalue weighted by Gasteiger charge is -2.11. The average Bonchev–Trinajstić information content (AvgIpc) is 2.99. The Kier molecular flexibility index (Phi) is 5.76. The van der Waals surface area contributed by atoms with Crippen LogP contribution in [0, 0.1) is 6.92 Å². The van der Waals surface area contributed by atoms with Crippen LogP contribution in [0.5, 0.6) is 17.2 Å². The Bertz CT molecular complexity index is 998. The molecule has 3 rings (SSSR count). The van der Waals surface area contributed by atoms with Gasteiger partial charge in [0, 0.05) is 13.6 Å². The van der Waals surface area contributed by atoms with Crippen LogP contribution < -0.4 is 14.8 Å². The Labute approximate surface area is 164 Å². The van der Waals surface area contributed by atoms with E-state index in [1.54, 1.807) is 38.2 Å². The van der Waals surface area contributed by atoms with Crippen LogP contribution in [0.4, 0.5) is 13.2 Å². The maximum Gasteiger partial charge on any atom is 0.573 e. The first kappa shape index (κ1) is 20.2. The van der Waals surface area contributed by atoms with Crippen LogP contribution in [-0.4, -0.2) is 22.1 Å². The zero-order valence-electron chi connectivity index (χ0n) is 15.7. The number of hydrogen-bond acceptors (Lipinski definition) is 4. The molecule has 1 amide bonds. The fourth-order valence-corrected chi connectivity index (χ4v) is 2.66. The van der Waals surface area contributed by atoms with Crippen molar-refractivity contribution in [2.45, 2.75) is 19.8 Å². The zero-order valence-corrected chi connectivity index (χ0v) is 15.7. The predicted octanol–water partition coefficient (Wildman–Crippen LogP) is 4.35. The van der Waals surface area contributed by atoms with E-state index in [4.69, 9.17) is 4.74 Å². The van der Waals surface area contributed by atoms with Crippen molar-refractivity contribution in [3.63, 3.8) is 0 Å². The number of nitrogens with zero attached hydrogens (tertiary/aromatic N) is 2. The molecule has 3 aromatic rings. The summed E-state index contributed by atoms with van der Waals surface area (Å²) in [5, 5.41) is 6.95. The van der Waals surface area contributed by atoms with Gasteiger partial charge in [-0.2, -0.15) is 5.10 Å². The molecule has 0 aliphatic heterocycles. The second-order valence-corrected chi connectivity index (χ2v) is 6.25. The summed E-state index contributed by atoms with van der Waals surface area (Å²) in [6.45, 7) is 2.08. The molecule has 2 aromatic carbocycles. The van der Waals surface area contributed by atoms with Crippen LogP contribution in [0.25, 0.3) is 0 Å². The van der Waals surface area contributed by atoms with Gasteiger partial charge in [0.25, 0.3) is 5.91 Å². The van der Waals surface area contributed by atoms with Gasteiger partial charge < -0.3 is 14.8 Å². The number of carbonyl (C=O) groups is 1. The number of alkyl halides is 3. The largest absolute Gasteiger partial charge is 0.573 e. The Balaban J connectivity index is 1.61. The first-order valence-corrected chi connectivity index (χ1v) is 8.61. The Morgan fingerprint density at radius 1 is 1.07 bits per heavy atom. The van der Waals surface area contributed by atoms with Crippen molar-refractivity contribution in [1.29, 1.82) is 0 Å². The second kappa shape index (κ2) is 8.26. The third-order valence-corrected chi connectivity index (χ3v) is 3.88. The van der Waals surface area contributed by atoms with Gasteiger partial charge in [0.2, 0.25) is 0 Å². The molecule has 0 saturated heterocycles. The van der Waals surface area contributed by atoms with Gasteiger partial charge in [0.1, 0.15) is 22.9 Å². The maximum absolute atomic E-state index is 12.3. The fourth-order valence-electron chi connectivity index (χ4n) is 2.66. The molecule has 29 heavy (non-hydrogen) atoms. The van der Waals surface area contributed by atoms with E-state index in [-0.39, 0.29) is 18.2 Å². The number of ether oxygens (including phenoxy) is 2. The Hall–Kier alpha value is -3.49. The highest BCUT2D eigenvalue weighted by Crippen LogP contribution is 2.27. The smallest absolute Gasteiger partial charge is 0.457 e.